The molecule has 6 heteroatoms. The van der Waals surface area contributed by atoms with Gasteiger partial charge in [0.05, 0.1) is 19.3 Å². The third-order valence-corrected chi connectivity index (χ3v) is 2.83. The average molecular weight is 266 g/mol. The molecule has 2 unspecified atom stereocenters. The van der Waals surface area contributed by atoms with Crippen LogP contribution in [0.5, 0.6) is 0 Å². The summed E-state index contributed by atoms with van der Waals surface area (Å²) in [5.74, 6) is -0.491. The molecule has 1 fully saturated rings. The lowest BCUT2D eigenvalue weighted by molar-refractivity contribution is 0.0395. The maximum absolute atomic E-state index is 10.8. The van der Waals surface area contributed by atoms with Crippen molar-refractivity contribution in [2.75, 3.05) is 25.1 Å². The van der Waals surface area contributed by atoms with Crippen LogP contribution in [0.1, 0.15) is 23.8 Å². The van der Waals surface area contributed by atoms with Gasteiger partial charge in [-0.15, -0.1) is 0 Å². The van der Waals surface area contributed by atoms with Crippen molar-refractivity contribution in [3.8, 4) is 0 Å². The fourth-order valence-corrected chi connectivity index (χ4v) is 1.85. The van der Waals surface area contributed by atoms with Gasteiger partial charge in [0.1, 0.15) is 5.82 Å². The van der Waals surface area contributed by atoms with E-state index in [1.54, 1.807) is 12.1 Å². The van der Waals surface area contributed by atoms with Gasteiger partial charge >= 0.3 is 5.97 Å². The largest absolute Gasteiger partial charge is 0.477 e. The second kappa shape index (κ2) is 6.49. The summed E-state index contributed by atoms with van der Waals surface area (Å²) in [6.07, 6.45) is 1.10. The van der Waals surface area contributed by atoms with E-state index in [0.29, 0.717) is 19.0 Å². The van der Waals surface area contributed by atoms with Gasteiger partial charge in [-0.3, -0.25) is 0 Å². The first-order chi connectivity index (χ1) is 9.15. The number of anilines is 1. The average Bonchev–Trinajstić information content (AvgIpc) is 2.90. The zero-order valence-corrected chi connectivity index (χ0v) is 10.8. The smallest absolute Gasteiger partial charge is 0.354 e. The summed E-state index contributed by atoms with van der Waals surface area (Å²) in [6.45, 7) is 3.91. The van der Waals surface area contributed by atoms with Crippen LogP contribution in [-0.2, 0) is 9.47 Å². The predicted molar refractivity (Wildman–Crippen MR) is 69.5 cm³/mol. The highest BCUT2D eigenvalue weighted by atomic mass is 16.5. The number of nitrogens with zero attached hydrogens (tertiary/aromatic N) is 1. The normalized spacial score (nSPS) is 20.2. The molecule has 0 aliphatic carbocycles. The number of hydrogen-bond acceptors (Lipinski definition) is 5. The van der Waals surface area contributed by atoms with Crippen LogP contribution in [0.15, 0.2) is 18.2 Å². The highest BCUT2D eigenvalue weighted by Gasteiger charge is 2.17. The van der Waals surface area contributed by atoms with Crippen molar-refractivity contribution in [1.82, 2.24) is 4.98 Å². The number of ether oxygens (including phenoxy) is 2. The van der Waals surface area contributed by atoms with Crippen LogP contribution in [0.3, 0.4) is 0 Å². The third kappa shape index (κ3) is 4.18. The summed E-state index contributed by atoms with van der Waals surface area (Å²) in [6, 6.07) is 4.92. The van der Waals surface area contributed by atoms with Gasteiger partial charge in [-0.2, -0.15) is 0 Å². The van der Waals surface area contributed by atoms with Crippen molar-refractivity contribution in [3.05, 3.63) is 23.9 Å². The Morgan fingerprint density at radius 2 is 2.53 bits per heavy atom. The maximum atomic E-state index is 10.8. The van der Waals surface area contributed by atoms with Gasteiger partial charge in [0.25, 0.3) is 0 Å². The summed E-state index contributed by atoms with van der Waals surface area (Å²) in [4.78, 5) is 14.8. The Kier molecular flexibility index (Phi) is 4.70. The summed E-state index contributed by atoms with van der Waals surface area (Å²) >= 11 is 0. The third-order valence-electron chi connectivity index (χ3n) is 2.83. The lowest BCUT2D eigenvalue weighted by Crippen LogP contribution is -2.26. The molecule has 6 nitrogen and oxygen atoms in total. The zero-order valence-electron chi connectivity index (χ0n) is 10.8. The van der Waals surface area contributed by atoms with Crippen LogP contribution in [0.25, 0.3) is 0 Å². The van der Waals surface area contributed by atoms with E-state index in [-0.39, 0.29) is 17.8 Å². The Balaban J connectivity index is 1.82. The zero-order chi connectivity index (χ0) is 13.7. The van der Waals surface area contributed by atoms with Crippen LogP contribution in [0.4, 0.5) is 5.82 Å². The minimum atomic E-state index is -1.03. The van der Waals surface area contributed by atoms with E-state index >= 15 is 0 Å². The van der Waals surface area contributed by atoms with Gasteiger partial charge in [-0.1, -0.05) is 6.07 Å². The quantitative estimate of drug-likeness (QED) is 0.809. The number of hydrogen-bond donors (Lipinski definition) is 2. The van der Waals surface area contributed by atoms with Gasteiger partial charge in [0.2, 0.25) is 0 Å². The van der Waals surface area contributed by atoms with Crippen molar-refractivity contribution in [3.63, 3.8) is 0 Å². The minimum Gasteiger partial charge on any atom is -0.477 e. The molecule has 2 N–H and O–H groups in total. The molecule has 0 spiro atoms. The monoisotopic (exact) mass is 266 g/mol. The number of pyridine rings is 1. The summed E-state index contributed by atoms with van der Waals surface area (Å²) in [7, 11) is 0. The number of rotatable bonds is 6. The Labute approximate surface area is 111 Å². The van der Waals surface area contributed by atoms with Crippen LogP contribution < -0.4 is 5.32 Å². The molecule has 0 aromatic carbocycles. The van der Waals surface area contributed by atoms with Crippen LogP contribution in [-0.4, -0.2) is 48.0 Å². The van der Waals surface area contributed by atoms with Crippen molar-refractivity contribution in [1.29, 1.82) is 0 Å². The van der Waals surface area contributed by atoms with Crippen LogP contribution in [0, 0.1) is 0 Å². The molecular formula is C13H18N2O4. The lowest BCUT2D eigenvalue weighted by atomic mass is 10.3. The Bertz CT molecular complexity index is 432. The molecular weight excluding hydrogens is 248 g/mol. The van der Waals surface area contributed by atoms with Gasteiger partial charge < -0.3 is 19.9 Å². The number of aromatic nitrogens is 1. The second-order valence-corrected chi connectivity index (χ2v) is 4.58. The predicted octanol–water partition coefficient (Wildman–Crippen LogP) is 1.39. The van der Waals surface area contributed by atoms with Gasteiger partial charge in [-0.25, -0.2) is 9.78 Å². The van der Waals surface area contributed by atoms with E-state index in [0.717, 1.165) is 13.0 Å². The van der Waals surface area contributed by atoms with Crippen molar-refractivity contribution < 1.29 is 19.4 Å². The molecule has 2 heterocycles. The van der Waals surface area contributed by atoms with Gasteiger partial charge in [0, 0.05) is 12.6 Å². The molecule has 2 rings (SSSR count). The number of carboxylic acid groups (broad SMARTS) is 1. The second-order valence-electron chi connectivity index (χ2n) is 4.58. The molecule has 0 saturated carbocycles. The molecule has 1 saturated heterocycles. The summed E-state index contributed by atoms with van der Waals surface area (Å²) in [5, 5.41) is 12.0. The Morgan fingerprint density at radius 1 is 1.68 bits per heavy atom. The minimum absolute atomic E-state index is 0.0299. The molecule has 1 aromatic heterocycles. The molecule has 1 aliphatic rings. The Morgan fingerprint density at radius 3 is 3.21 bits per heavy atom. The molecule has 0 bridgehead atoms. The first kappa shape index (κ1) is 13.8. The number of carbonyl (C=O) groups is 1. The van der Waals surface area contributed by atoms with Gasteiger partial charge in [0.15, 0.2) is 5.69 Å². The van der Waals surface area contributed by atoms with E-state index in [1.807, 2.05) is 6.92 Å². The fourth-order valence-electron chi connectivity index (χ4n) is 1.85. The van der Waals surface area contributed by atoms with E-state index < -0.39 is 5.97 Å². The molecule has 104 valence electrons. The highest BCUT2D eigenvalue weighted by Crippen LogP contribution is 2.10. The molecule has 19 heavy (non-hydrogen) atoms. The van der Waals surface area contributed by atoms with Crippen molar-refractivity contribution in [2.24, 2.45) is 0 Å². The van der Waals surface area contributed by atoms with Gasteiger partial charge in [-0.05, 0) is 25.5 Å². The number of aromatic carboxylic acids is 1. The highest BCUT2D eigenvalue weighted by molar-refractivity contribution is 5.85. The lowest BCUT2D eigenvalue weighted by Gasteiger charge is -2.17. The Hall–Kier alpha value is -1.66. The number of carboxylic acids is 1. The standard InChI is InChI=1S/C13H18N2O4/c1-9(7-19-10-5-6-18-8-10)14-12-4-2-3-11(15-12)13(16)17/h2-4,9-10H,5-8H2,1H3,(H,14,15)(H,16,17). The van der Waals surface area contributed by atoms with E-state index in [4.69, 9.17) is 14.6 Å². The SMILES string of the molecule is CC(COC1CCOC1)Nc1cccc(C(=O)O)n1. The number of nitrogens with one attached hydrogen (secondary N) is 1. The van der Waals surface area contributed by atoms with Crippen LogP contribution >= 0.6 is 0 Å². The topological polar surface area (TPSA) is 80.7 Å². The van der Waals surface area contributed by atoms with Crippen molar-refractivity contribution >= 4 is 11.8 Å². The molecule has 1 aromatic rings. The maximum Gasteiger partial charge on any atom is 0.354 e. The molecule has 2 atom stereocenters. The van der Waals surface area contributed by atoms with Crippen LogP contribution in [0.2, 0.25) is 0 Å². The molecule has 0 amide bonds. The van der Waals surface area contributed by atoms with E-state index in [2.05, 4.69) is 10.3 Å². The summed E-state index contributed by atoms with van der Waals surface area (Å²) in [5.41, 5.74) is 0.0299. The first-order valence-corrected chi connectivity index (χ1v) is 6.31. The fraction of sp³-hybridized carbons (Fsp3) is 0.538. The van der Waals surface area contributed by atoms with Crippen molar-refractivity contribution in [2.45, 2.75) is 25.5 Å². The first-order valence-electron chi connectivity index (χ1n) is 6.31. The van der Waals surface area contributed by atoms with E-state index in [1.165, 1.54) is 6.07 Å². The summed E-state index contributed by atoms with van der Waals surface area (Å²) < 4.78 is 10.9. The molecule has 1 aliphatic heterocycles. The molecule has 0 radical (unpaired) electrons. The van der Waals surface area contributed by atoms with E-state index in [9.17, 15) is 4.79 Å².